The Morgan fingerprint density at radius 1 is 1.15 bits per heavy atom. The molecule has 0 aliphatic heterocycles. The fraction of sp³-hybridized carbons (Fsp3) is 0.214. The van der Waals surface area contributed by atoms with Gasteiger partial charge in [0.25, 0.3) is 0 Å². The number of aryl methyl sites for hydroxylation is 1. The Balaban J connectivity index is 2.46. The fourth-order valence-corrected chi connectivity index (χ4v) is 1.86. The molecule has 1 heterocycles. The number of rotatable bonds is 3. The van der Waals surface area contributed by atoms with Crippen molar-refractivity contribution >= 4 is 5.97 Å². The lowest BCUT2D eigenvalue weighted by molar-refractivity contribution is 0.0599. The van der Waals surface area contributed by atoms with Crippen LogP contribution in [0, 0.1) is 0 Å². The van der Waals surface area contributed by atoms with Gasteiger partial charge < -0.3 is 13.9 Å². The first-order chi connectivity index (χ1) is 9.54. The molecule has 0 unspecified atom stereocenters. The predicted octanol–water partition coefficient (Wildman–Crippen LogP) is 0.382. The molecule has 6 nitrogen and oxygen atoms in total. The number of hydrogen-bond donors (Lipinski definition) is 0. The molecule has 2 rings (SSSR count). The highest BCUT2D eigenvalue weighted by molar-refractivity contribution is 5.90. The van der Waals surface area contributed by atoms with E-state index in [2.05, 4.69) is 0 Å². The lowest BCUT2D eigenvalue weighted by Crippen LogP contribution is -2.39. The van der Waals surface area contributed by atoms with Gasteiger partial charge in [0.2, 0.25) is 0 Å². The molecular weight excluding hydrogens is 260 g/mol. The monoisotopic (exact) mass is 274 g/mol. The van der Waals surface area contributed by atoms with Gasteiger partial charge in [0, 0.05) is 19.4 Å². The molecule has 6 heteroatoms. The molecule has 104 valence electrons. The van der Waals surface area contributed by atoms with Crippen LogP contribution in [-0.4, -0.2) is 22.2 Å². The highest BCUT2D eigenvalue weighted by atomic mass is 16.5. The topological polar surface area (TPSA) is 70.3 Å². The summed E-state index contributed by atoms with van der Waals surface area (Å²) in [6, 6.07) is 6.81. The SMILES string of the molecule is COC(=O)c1ccccc1Cn1ccn(C)c(=O)c1=O. The summed E-state index contributed by atoms with van der Waals surface area (Å²) in [7, 11) is 2.81. The maximum absolute atomic E-state index is 11.9. The maximum Gasteiger partial charge on any atom is 0.338 e. The van der Waals surface area contributed by atoms with Crippen molar-refractivity contribution < 1.29 is 9.53 Å². The summed E-state index contributed by atoms with van der Waals surface area (Å²) in [5.74, 6) is -0.475. The van der Waals surface area contributed by atoms with Gasteiger partial charge >= 0.3 is 17.1 Å². The molecule has 0 fully saturated rings. The van der Waals surface area contributed by atoms with Crippen molar-refractivity contribution in [2.45, 2.75) is 6.54 Å². The molecule has 0 saturated carbocycles. The third-order valence-electron chi connectivity index (χ3n) is 3.00. The lowest BCUT2D eigenvalue weighted by Gasteiger charge is -2.10. The minimum Gasteiger partial charge on any atom is -0.465 e. The Hall–Kier alpha value is -2.63. The second kappa shape index (κ2) is 5.56. The highest BCUT2D eigenvalue weighted by Gasteiger charge is 2.12. The Morgan fingerprint density at radius 3 is 2.55 bits per heavy atom. The van der Waals surface area contributed by atoms with Crippen molar-refractivity contribution in [3.05, 3.63) is 68.5 Å². The number of benzene rings is 1. The molecule has 0 N–H and O–H groups in total. The molecule has 0 radical (unpaired) electrons. The van der Waals surface area contributed by atoms with E-state index < -0.39 is 17.1 Å². The van der Waals surface area contributed by atoms with E-state index in [1.165, 1.54) is 35.7 Å². The van der Waals surface area contributed by atoms with Crippen LogP contribution in [0.15, 0.2) is 46.2 Å². The van der Waals surface area contributed by atoms with Crippen molar-refractivity contribution in [1.82, 2.24) is 9.13 Å². The van der Waals surface area contributed by atoms with Gasteiger partial charge in [-0.2, -0.15) is 0 Å². The van der Waals surface area contributed by atoms with Crippen molar-refractivity contribution in [3.63, 3.8) is 0 Å². The summed E-state index contributed by atoms with van der Waals surface area (Å²) in [4.78, 5) is 35.1. The third-order valence-corrected chi connectivity index (χ3v) is 3.00. The number of hydrogen-bond acceptors (Lipinski definition) is 4. The molecule has 0 saturated heterocycles. The predicted molar refractivity (Wildman–Crippen MR) is 72.8 cm³/mol. The van der Waals surface area contributed by atoms with Crippen LogP contribution in [-0.2, 0) is 18.3 Å². The van der Waals surface area contributed by atoms with E-state index in [1.54, 1.807) is 24.3 Å². The Morgan fingerprint density at radius 2 is 1.85 bits per heavy atom. The first kappa shape index (κ1) is 13.8. The summed E-state index contributed by atoms with van der Waals surface area (Å²) in [6.45, 7) is 0.139. The Bertz CT molecular complexity index is 758. The molecule has 0 aliphatic rings. The van der Waals surface area contributed by atoms with Crippen LogP contribution in [0.2, 0.25) is 0 Å². The van der Waals surface area contributed by atoms with Crippen molar-refractivity contribution in [3.8, 4) is 0 Å². The van der Waals surface area contributed by atoms with Gasteiger partial charge in [-0.15, -0.1) is 0 Å². The van der Waals surface area contributed by atoms with Gasteiger partial charge in [0.1, 0.15) is 0 Å². The van der Waals surface area contributed by atoms with Gasteiger partial charge in [-0.1, -0.05) is 18.2 Å². The Kier molecular flexibility index (Phi) is 3.84. The molecule has 0 aliphatic carbocycles. The van der Waals surface area contributed by atoms with Crippen molar-refractivity contribution in [1.29, 1.82) is 0 Å². The minimum absolute atomic E-state index is 0.139. The van der Waals surface area contributed by atoms with Crippen LogP contribution in [0.4, 0.5) is 0 Å². The molecule has 0 atom stereocenters. The third kappa shape index (κ3) is 2.54. The summed E-state index contributed by atoms with van der Waals surface area (Å²) in [5.41, 5.74) is -0.241. The second-order valence-electron chi connectivity index (χ2n) is 4.30. The second-order valence-corrected chi connectivity index (χ2v) is 4.30. The van der Waals surface area contributed by atoms with E-state index in [4.69, 9.17) is 4.74 Å². The van der Waals surface area contributed by atoms with Gasteiger partial charge in [-0.05, 0) is 11.6 Å². The molecule has 20 heavy (non-hydrogen) atoms. The molecular formula is C14H14N2O4. The molecule has 0 bridgehead atoms. The van der Waals surface area contributed by atoms with E-state index in [-0.39, 0.29) is 6.54 Å². The first-order valence-corrected chi connectivity index (χ1v) is 5.97. The van der Waals surface area contributed by atoms with Crippen LogP contribution < -0.4 is 11.1 Å². The van der Waals surface area contributed by atoms with E-state index in [0.29, 0.717) is 11.1 Å². The fourth-order valence-electron chi connectivity index (χ4n) is 1.86. The lowest BCUT2D eigenvalue weighted by atomic mass is 10.1. The number of ether oxygens (including phenoxy) is 1. The summed E-state index contributed by atoms with van der Waals surface area (Å²) in [6.07, 6.45) is 3.02. The molecule has 0 amide bonds. The summed E-state index contributed by atoms with van der Waals surface area (Å²) < 4.78 is 7.18. The summed E-state index contributed by atoms with van der Waals surface area (Å²) in [5, 5.41) is 0. The number of aromatic nitrogens is 2. The maximum atomic E-state index is 11.9. The van der Waals surface area contributed by atoms with Crippen LogP contribution in [0.5, 0.6) is 0 Å². The van der Waals surface area contributed by atoms with E-state index in [1.807, 2.05) is 0 Å². The molecule has 0 spiro atoms. The van der Waals surface area contributed by atoms with Crippen molar-refractivity contribution in [2.24, 2.45) is 7.05 Å². The first-order valence-electron chi connectivity index (χ1n) is 5.97. The molecule has 1 aromatic heterocycles. The van der Waals surface area contributed by atoms with Gasteiger partial charge in [-0.3, -0.25) is 9.59 Å². The van der Waals surface area contributed by atoms with Gasteiger partial charge in [0.15, 0.2) is 0 Å². The average molecular weight is 274 g/mol. The average Bonchev–Trinajstić information content (AvgIpc) is 2.47. The minimum atomic E-state index is -0.630. The van der Waals surface area contributed by atoms with Crippen molar-refractivity contribution in [2.75, 3.05) is 7.11 Å². The van der Waals surface area contributed by atoms with Crippen LogP contribution in [0.1, 0.15) is 15.9 Å². The number of methoxy groups -OCH3 is 1. The smallest absolute Gasteiger partial charge is 0.338 e. The largest absolute Gasteiger partial charge is 0.465 e. The van der Waals surface area contributed by atoms with Gasteiger partial charge in [0.05, 0.1) is 19.2 Å². The number of nitrogens with zero attached hydrogens (tertiary/aromatic N) is 2. The standard InChI is InChI=1S/C14H14N2O4/c1-15-7-8-16(13(18)12(15)17)9-10-5-3-4-6-11(10)14(19)20-2/h3-8H,9H2,1-2H3. The highest BCUT2D eigenvalue weighted by Crippen LogP contribution is 2.10. The molecule has 2 aromatic rings. The zero-order chi connectivity index (χ0) is 14.7. The van der Waals surface area contributed by atoms with Crippen LogP contribution >= 0.6 is 0 Å². The van der Waals surface area contributed by atoms with Gasteiger partial charge in [-0.25, -0.2) is 4.79 Å². The Labute approximate surface area is 114 Å². The summed E-state index contributed by atoms with van der Waals surface area (Å²) >= 11 is 0. The van der Waals surface area contributed by atoms with Crippen LogP contribution in [0.3, 0.4) is 0 Å². The molecule has 1 aromatic carbocycles. The zero-order valence-corrected chi connectivity index (χ0v) is 11.2. The van der Waals surface area contributed by atoms with E-state index in [0.717, 1.165) is 0 Å². The van der Waals surface area contributed by atoms with E-state index in [9.17, 15) is 14.4 Å². The number of carbonyl (C=O) groups is 1. The quantitative estimate of drug-likeness (QED) is 0.599. The van der Waals surface area contributed by atoms with Crippen LogP contribution in [0.25, 0.3) is 0 Å². The number of carbonyl (C=O) groups excluding carboxylic acids is 1. The zero-order valence-electron chi connectivity index (χ0n) is 11.2. The number of esters is 1. The normalized spacial score (nSPS) is 10.3. The van der Waals surface area contributed by atoms with E-state index >= 15 is 0 Å².